The third-order valence-corrected chi connectivity index (χ3v) is 8.65. The number of nitrogens with zero attached hydrogens (tertiary/aromatic N) is 3. The maximum absolute atomic E-state index is 13.5. The monoisotopic (exact) mass is 557 g/mol. The van der Waals surface area contributed by atoms with Crippen molar-refractivity contribution in [3.63, 3.8) is 0 Å². The second-order valence-corrected chi connectivity index (χ2v) is 11.6. The van der Waals surface area contributed by atoms with Gasteiger partial charge in [-0.25, -0.2) is 8.42 Å². The number of sulfonamides is 1. The summed E-state index contributed by atoms with van der Waals surface area (Å²) >= 11 is 12.4. The highest BCUT2D eigenvalue weighted by Crippen LogP contribution is 2.25. The van der Waals surface area contributed by atoms with E-state index in [0.717, 1.165) is 25.2 Å². The molecular weight excluding hydrogens is 529 g/mol. The van der Waals surface area contributed by atoms with Gasteiger partial charge in [0.25, 0.3) is 0 Å². The van der Waals surface area contributed by atoms with Crippen molar-refractivity contribution in [3.8, 4) is 0 Å². The van der Waals surface area contributed by atoms with E-state index in [1.54, 1.807) is 41.3 Å². The van der Waals surface area contributed by atoms with Gasteiger partial charge in [0.05, 0.1) is 11.4 Å². The van der Waals surface area contributed by atoms with Crippen molar-refractivity contribution >= 4 is 45.2 Å². The Labute approximate surface area is 228 Å². The first-order chi connectivity index (χ1) is 17.8. The standard InChI is InChI=1S/C28H29Cl2N3O3S/c29-25-14-13-24(27(30)20-25)21-33(37(35,36)26-11-5-2-6-12-26)22-28(34)32-18-16-31(17-19-32)15-7-10-23-8-3-1-4-9-23/h1-14,20H,15-19,21-22H2/b10-7+. The zero-order valence-corrected chi connectivity index (χ0v) is 22.7. The number of hydrogen-bond donors (Lipinski definition) is 0. The number of amides is 1. The maximum Gasteiger partial charge on any atom is 0.243 e. The molecule has 3 aromatic rings. The first-order valence-electron chi connectivity index (χ1n) is 12.0. The van der Waals surface area contributed by atoms with E-state index in [9.17, 15) is 13.2 Å². The molecule has 0 radical (unpaired) electrons. The molecule has 1 saturated heterocycles. The molecule has 0 spiro atoms. The Morgan fingerprint density at radius 2 is 1.54 bits per heavy atom. The van der Waals surface area contributed by atoms with Crippen LogP contribution in [0, 0.1) is 0 Å². The minimum atomic E-state index is -3.93. The van der Waals surface area contributed by atoms with E-state index in [-0.39, 0.29) is 23.9 Å². The van der Waals surface area contributed by atoms with Crippen LogP contribution in [0.4, 0.5) is 0 Å². The fraction of sp³-hybridized carbons (Fsp3) is 0.250. The van der Waals surface area contributed by atoms with E-state index < -0.39 is 10.0 Å². The summed E-state index contributed by atoms with van der Waals surface area (Å²) in [5, 5.41) is 0.809. The van der Waals surface area contributed by atoms with Crippen molar-refractivity contribution in [2.24, 2.45) is 0 Å². The predicted octanol–water partition coefficient (Wildman–Crippen LogP) is 5.04. The number of carbonyl (C=O) groups excluding carboxylic acids is 1. The number of carbonyl (C=O) groups is 1. The number of benzene rings is 3. The Hall–Kier alpha value is -2.68. The van der Waals surface area contributed by atoms with Crippen molar-refractivity contribution in [2.45, 2.75) is 11.4 Å². The van der Waals surface area contributed by atoms with E-state index in [0.29, 0.717) is 28.7 Å². The molecule has 1 heterocycles. The minimum absolute atomic E-state index is 0.0385. The molecule has 0 bridgehead atoms. The lowest BCUT2D eigenvalue weighted by Crippen LogP contribution is -2.51. The van der Waals surface area contributed by atoms with E-state index in [2.05, 4.69) is 29.2 Å². The molecule has 1 aliphatic heterocycles. The lowest BCUT2D eigenvalue weighted by atomic mass is 10.2. The van der Waals surface area contributed by atoms with E-state index in [4.69, 9.17) is 23.2 Å². The van der Waals surface area contributed by atoms with Gasteiger partial charge in [0, 0.05) is 49.3 Å². The van der Waals surface area contributed by atoms with Gasteiger partial charge in [0.15, 0.2) is 0 Å². The Bertz CT molecular complexity index is 1330. The summed E-state index contributed by atoms with van der Waals surface area (Å²) in [6, 6.07) is 23.1. The van der Waals surface area contributed by atoms with Gasteiger partial charge in [-0.15, -0.1) is 0 Å². The molecule has 0 unspecified atom stereocenters. The largest absolute Gasteiger partial charge is 0.339 e. The van der Waals surface area contributed by atoms with Gasteiger partial charge >= 0.3 is 0 Å². The molecule has 37 heavy (non-hydrogen) atoms. The SMILES string of the molecule is O=C(CN(Cc1ccc(Cl)cc1Cl)S(=O)(=O)c1ccccc1)N1CCN(C/C=C/c2ccccc2)CC1. The summed E-state index contributed by atoms with van der Waals surface area (Å²) in [6.07, 6.45) is 4.21. The summed E-state index contributed by atoms with van der Waals surface area (Å²) in [7, 11) is -3.93. The topological polar surface area (TPSA) is 60.9 Å². The molecule has 6 nitrogen and oxygen atoms in total. The van der Waals surface area contributed by atoms with Crippen LogP contribution in [0.25, 0.3) is 6.08 Å². The molecule has 0 N–H and O–H groups in total. The van der Waals surface area contributed by atoms with Crippen LogP contribution in [0.1, 0.15) is 11.1 Å². The number of hydrogen-bond acceptors (Lipinski definition) is 4. The molecule has 9 heteroatoms. The van der Waals surface area contributed by atoms with Crippen LogP contribution in [-0.4, -0.2) is 67.7 Å². The molecule has 3 aromatic carbocycles. The van der Waals surface area contributed by atoms with Gasteiger partial charge in [0.1, 0.15) is 0 Å². The van der Waals surface area contributed by atoms with E-state index in [1.165, 1.54) is 16.4 Å². The van der Waals surface area contributed by atoms with Gasteiger partial charge in [-0.2, -0.15) is 4.31 Å². The van der Waals surface area contributed by atoms with Gasteiger partial charge in [-0.1, -0.05) is 90.0 Å². The molecule has 0 aliphatic carbocycles. The second-order valence-electron chi connectivity index (χ2n) is 8.82. The third-order valence-electron chi connectivity index (χ3n) is 6.25. The van der Waals surface area contributed by atoms with Crippen molar-refractivity contribution in [2.75, 3.05) is 39.3 Å². The second kappa shape index (κ2) is 12.7. The van der Waals surface area contributed by atoms with Crippen molar-refractivity contribution in [1.82, 2.24) is 14.1 Å². The number of rotatable bonds is 9. The van der Waals surface area contributed by atoms with Crippen LogP contribution in [0.15, 0.2) is 89.8 Å². The van der Waals surface area contributed by atoms with Gasteiger partial charge < -0.3 is 4.90 Å². The highest BCUT2D eigenvalue weighted by atomic mass is 35.5. The van der Waals surface area contributed by atoms with Crippen LogP contribution in [0.5, 0.6) is 0 Å². The maximum atomic E-state index is 13.5. The van der Waals surface area contributed by atoms with Gasteiger partial charge in [-0.05, 0) is 35.4 Å². The van der Waals surface area contributed by atoms with E-state index >= 15 is 0 Å². The molecule has 1 amide bonds. The smallest absolute Gasteiger partial charge is 0.243 e. The molecule has 4 rings (SSSR count). The van der Waals surface area contributed by atoms with Crippen LogP contribution < -0.4 is 0 Å². The van der Waals surface area contributed by atoms with Crippen LogP contribution in [0.2, 0.25) is 10.0 Å². The molecule has 1 fully saturated rings. The Kier molecular flexibility index (Phi) is 9.40. The van der Waals surface area contributed by atoms with Crippen LogP contribution in [0.3, 0.4) is 0 Å². The predicted molar refractivity (Wildman–Crippen MR) is 149 cm³/mol. The van der Waals surface area contributed by atoms with Gasteiger partial charge in [0.2, 0.25) is 15.9 Å². The van der Waals surface area contributed by atoms with Crippen molar-refractivity contribution in [3.05, 3.63) is 106 Å². The van der Waals surface area contributed by atoms with Gasteiger partial charge in [-0.3, -0.25) is 9.69 Å². The summed E-state index contributed by atoms with van der Waals surface area (Å²) in [4.78, 5) is 17.4. The van der Waals surface area contributed by atoms with Crippen molar-refractivity contribution < 1.29 is 13.2 Å². The molecule has 194 valence electrons. The average molecular weight is 559 g/mol. The van der Waals surface area contributed by atoms with Crippen molar-refractivity contribution in [1.29, 1.82) is 0 Å². The zero-order chi connectivity index (χ0) is 26.3. The Morgan fingerprint density at radius 1 is 0.892 bits per heavy atom. The summed E-state index contributed by atoms with van der Waals surface area (Å²) in [5.41, 5.74) is 1.73. The number of halogens is 2. The quantitative estimate of drug-likeness (QED) is 0.369. The molecule has 0 saturated carbocycles. The fourth-order valence-electron chi connectivity index (χ4n) is 4.14. The Morgan fingerprint density at radius 3 is 2.19 bits per heavy atom. The highest BCUT2D eigenvalue weighted by Gasteiger charge is 2.30. The normalized spacial score (nSPS) is 14.9. The third kappa shape index (κ3) is 7.43. The zero-order valence-electron chi connectivity index (χ0n) is 20.3. The van der Waals surface area contributed by atoms with E-state index in [1.807, 2.05) is 18.2 Å². The molecule has 0 atom stereocenters. The molecular formula is C28H29Cl2N3O3S. The first kappa shape index (κ1) is 27.4. The summed E-state index contributed by atoms with van der Waals surface area (Å²) in [5.74, 6) is -0.232. The Balaban J connectivity index is 1.41. The summed E-state index contributed by atoms with van der Waals surface area (Å²) < 4.78 is 28.2. The summed E-state index contributed by atoms with van der Waals surface area (Å²) in [6.45, 7) is 3.00. The number of piperazine rings is 1. The van der Waals surface area contributed by atoms with Crippen LogP contribution in [-0.2, 0) is 21.4 Å². The highest BCUT2D eigenvalue weighted by molar-refractivity contribution is 7.89. The fourth-order valence-corrected chi connectivity index (χ4v) is 6.00. The lowest BCUT2D eigenvalue weighted by Gasteiger charge is -2.35. The average Bonchev–Trinajstić information content (AvgIpc) is 2.91. The molecule has 0 aromatic heterocycles. The molecule has 1 aliphatic rings. The first-order valence-corrected chi connectivity index (χ1v) is 14.2. The minimum Gasteiger partial charge on any atom is -0.339 e. The lowest BCUT2D eigenvalue weighted by molar-refractivity contribution is -0.133. The van der Waals surface area contributed by atoms with Crippen LogP contribution >= 0.6 is 23.2 Å².